The molecule has 0 atom stereocenters. The predicted octanol–water partition coefficient (Wildman–Crippen LogP) is 2.05. The second kappa shape index (κ2) is 5.40. The van der Waals surface area contributed by atoms with Crippen molar-refractivity contribution in [2.75, 3.05) is 5.32 Å². The Bertz CT molecular complexity index is 683. The molecule has 3 N–H and O–H groups in total. The fourth-order valence-electron chi connectivity index (χ4n) is 1.69. The summed E-state index contributed by atoms with van der Waals surface area (Å²) in [5.74, 6) is -1.88. The van der Waals surface area contributed by atoms with Gasteiger partial charge in [0, 0.05) is 12.4 Å². The lowest BCUT2D eigenvalue weighted by molar-refractivity contribution is 0.0697. The number of aromatic hydroxyl groups is 1. The second-order valence-electron chi connectivity index (χ2n) is 4.24. The molecule has 1 aromatic carbocycles. The smallest absolute Gasteiger partial charge is 0.337 e. The van der Waals surface area contributed by atoms with Crippen LogP contribution in [-0.2, 0) is 0 Å². The number of hydrogen-bond acceptors (Lipinski definition) is 4. The highest BCUT2D eigenvalue weighted by atomic mass is 16.4. The summed E-state index contributed by atoms with van der Waals surface area (Å²) >= 11 is 0. The normalized spacial score (nSPS) is 10.1. The molecule has 0 fully saturated rings. The SMILES string of the molecule is Cc1cncc(C(=O)Nc2ccc(O)cc2C(=O)O)c1. The van der Waals surface area contributed by atoms with Crippen molar-refractivity contribution in [3.63, 3.8) is 0 Å². The van der Waals surface area contributed by atoms with Crippen LogP contribution in [0.15, 0.2) is 36.7 Å². The van der Waals surface area contributed by atoms with Gasteiger partial charge in [-0.05, 0) is 36.8 Å². The van der Waals surface area contributed by atoms with E-state index >= 15 is 0 Å². The molecule has 0 aliphatic carbocycles. The number of phenolic OH excluding ortho intramolecular Hbond substituents is 1. The lowest BCUT2D eigenvalue weighted by Gasteiger charge is -2.09. The highest BCUT2D eigenvalue weighted by Gasteiger charge is 2.14. The number of rotatable bonds is 3. The highest BCUT2D eigenvalue weighted by Crippen LogP contribution is 2.22. The Morgan fingerprint density at radius 1 is 1.20 bits per heavy atom. The Morgan fingerprint density at radius 3 is 2.60 bits per heavy atom. The maximum atomic E-state index is 12.0. The van der Waals surface area contributed by atoms with Crippen LogP contribution in [0.2, 0.25) is 0 Å². The van der Waals surface area contributed by atoms with Gasteiger partial charge in [-0.2, -0.15) is 0 Å². The van der Waals surface area contributed by atoms with Gasteiger partial charge < -0.3 is 15.5 Å². The molecular weight excluding hydrogens is 260 g/mol. The molecular formula is C14H12N2O4. The van der Waals surface area contributed by atoms with Crippen molar-refractivity contribution < 1.29 is 19.8 Å². The fourth-order valence-corrected chi connectivity index (χ4v) is 1.69. The maximum absolute atomic E-state index is 12.0. The first kappa shape index (κ1) is 13.5. The molecule has 2 rings (SSSR count). The van der Waals surface area contributed by atoms with Gasteiger partial charge in [-0.1, -0.05) is 0 Å². The van der Waals surface area contributed by atoms with Crippen molar-refractivity contribution in [2.45, 2.75) is 6.92 Å². The van der Waals surface area contributed by atoms with Gasteiger partial charge in [0.1, 0.15) is 5.75 Å². The molecule has 0 unspecified atom stereocenters. The summed E-state index contributed by atoms with van der Waals surface area (Å²) in [6, 6.07) is 5.35. The number of hydrogen-bond donors (Lipinski definition) is 3. The minimum absolute atomic E-state index is 0.113. The van der Waals surface area contributed by atoms with E-state index in [4.69, 9.17) is 5.11 Å². The number of carbonyl (C=O) groups is 2. The van der Waals surface area contributed by atoms with Gasteiger partial charge in [-0.25, -0.2) is 4.79 Å². The molecule has 1 aromatic heterocycles. The van der Waals surface area contributed by atoms with Crippen molar-refractivity contribution in [3.8, 4) is 5.75 Å². The largest absolute Gasteiger partial charge is 0.508 e. The molecule has 6 nitrogen and oxygen atoms in total. The average molecular weight is 272 g/mol. The van der Waals surface area contributed by atoms with Gasteiger partial charge in [0.25, 0.3) is 5.91 Å². The third-order valence-corrected chi connectivity index (χ3v) is 2.62. The van der Waals surface area contributed by atoms with Gasteiger partial charge in [0.2, 0.25) is 0 Å². The van der Waals surface area contributed by atoms with Crippen molar-refractivity contribution in [1.29, 1.82) is 0 Å². The number of carboxylic acid groups (broad SMARTS) is 1. The molecule has 0 bridgehead atoms. The maximum Gasteiger partial charge on any atom is 0.337 e. The number of aryl methyl sites for hydroxylation is 1. The molecule has 0 aliphatic rings. The summed E-state index contributed by atoms with van der Waals surface area (Å²) < 4.78 is 0. The third-order valence-electron chi connectivity index (χ3n) is 2.62. The Labute approximate surface area is 114 Å². The van der Waals surface area contributed by atoms with Crippen molar-refractivity contribution in [3.05, 3.63) is 53.3 Å². The van der Waals surface area contributed by atoms with E-state index in [0.29, 0.717) is 5.56 Å². The number of anilines is 1. The molecule has 0 saturated heterocycles. The van der Waals surface area contributed by atoms with Crippen LogP contribution in [0, 0.1) is 6.92 Å². The summed E-state index contributed by atoms with van der Waals surface area (Å²) in [6.07, 6.45) is 3.00. The van der Waals surface area contributed by atoms with Crippen LogP contribution in [0.25, 0.3) is 0 Å². The Kier molecular flexibility index (Phi) is 3.65. The van der Waals surface area contributed by atoms with Gasteiger partial charge in [-0.3, -0.25) is 9.78 Å². The van der Waals surface area contributed by atoms with Crippen LogP contribution in [0.1, 0.15) is 26.3 Å². The zero-order valence-corrected chi connectivity index (χ0v) is 10.6. The van der Waals surface area contributed by atoms with E-state index in [1.54, 1.807) is 19.2 Å². The minimum Gasteiger partial charge on any atom is -0.508 e. The van der Waals surface area contributed by atoms with Gasteiger partial charge in [0.05, 0.1) is 16.8 Å². The summed E-state index contributed by atoms with van der Waals surface area (Å²) in [4.78, 5) is 27.0. The molecule has 2 aromatic rings. The Balaban J connectivity index is 2.30. The second-order valence-corrected chi connectivity index (χ2v) is 4.24. The van der Waals surface area contributed by atoms with E-state index < -0.39 is 11.9 Å². The first-order chi connectivity index (χ1) is 9.47. The molecule has 0 radical (unpaired) electrons. The minimum atomic E-state index is -1.24. The monoisotopic (exact) mass is 272 g/mol. The van der Waals surface area contributed by atoms with E-state index in [1.165, 1.54) is 18.3 Å². The van der Waals surface area contributed by atoms with E-state index in [1.807, 2.05) is 0 Å². The zero-order valence-electron chi connectivity index (χ0n) is 10.6. The number of nitrogens with one attached hydrogen (secondary N) is 1. The Hall–Kier alpha value is -2.89. The summed E-state index contributed by atoms with van der Waals surface area (Å²) in [6.45, 7) is 1.80. The Morgan fingerprint density at radius 2 is 1.95 bits per heavy atom. The van der Waals surface area contributed by atoms with Crippen LogP contribution in [-0.4, -0.2) is 27.1 Å². The summed E-state index contributed by atoms with van der Waals surface area (Å²) in [5, 5.41) is 20.8. The van der Waals surface area contributed by atoms with Crippen LogP contribution in [0.4, 0.5) is 5.69 Å². The molecule has 0 saturated carbocycles. The number of phenols is 1. The lowest BCUT2D eigenvalue weighted by Crippen LogP contribution is -2.15. The summed E-state index contributed by atoms with van der Waals surface area (Å²) in [7, 11) is 0. The van der Waals surface area contributed by atoms with Gasteiger partial charge in [-0.15, -0.1) is 0 Å². The van der Waals surface area contributed by atoms with Crippen LogP contribution in [0.3, 0.4) is 0 Å². The van der Waals surface area contributed by atoms with E-state index in [-0.39, 0.29) is 17.0 Å². The van der Waals surface area contributed by atoms with Crippen molar-refractivity contribution in [1.82, 2.24) is 4.98 Å². The number of aromatic nitrogens is 1. The van der Waals surface area contributed by atoms with E-state index in [2.05, 4.69) is 10.3 Å². The molecule has 102 valence electrons. The van der Waals surface area contributed by atoms with E-state index in [0.717, 1.165) is 11.6 Å². The number of carboxylic acids is 1. The zero-order chi connectivity index (χ0) is 14.7. The lowest BCUT2D eigenvalue weighted by atomic mass is 10.1. The quantitative estimate of drug-likeness (QED) is 0.742. The van der Waals surface area contributed by atoms with Gasteiger partial charge >= 0.3 is 5.97 Å². The summed E-state index contributed by atoms with van der Waals surface area (Å²) in [5.41, 5.74) is 1.08. The van der Waals surface area contributed by atoms with Crippen molar-refractivity contribution in [2.24, 2.45) is 0 Å². The molecule has 0 spiro atoms. The topological polar surface area (TPSA) is 99.5 Å². The fraction of sp³-hybridized carbons (Fsp3) is 0.0714. The predicted molar refractivity (Wildman–Crippen MR) is 72.0 cm³/mol. The number of benzene rings is 1. The van der Waals surface area contributed by atoms with Crippen molar-refractivity contribution >= 4 is 17.6 Å². The highest BCUT2D eigenvalue weighted by molar-refractivity contribution is 6.07. The molecule has 20 heavy (non-hydrogen) atoms. The van der Waals surface area contributed by atoms with Crippen LogP contribution in [0.5, 0.6) is 5.75 Å². The molecule has 1 heterocycles. The average Bonchev–Trinajstić information content (AvgIpc) is 2.40. The number of carbonyl (C=O) groups excluding carboxylic acids is 1. The number of nitrogens with zero attached hydrogens (tertiary/aromatic N) is 1. The number of amides is 1. The van der Waals surface area contributed by atoms with Crippen LogP contribution >= 0.6 is 0 Å². The third kappa shape index (κ3) is 2.92. The van der Waals surface area contributed by atoms with Gasteiger partial charge in [0.15, 0.2) is 0 Å². The first-order valence-corrected chi connectivity index (χ1v) is 5.76. The number of pyridine rings is 1. The molecule has 0 aliphatic heterocycles. The molecule has 1 amide bonds. The standard InChI is InChI=1S/C14H12N2O4/c1-8-4-9(7-15-6-8)13(18)16-12-3-2-10(17)5-11(12)14(19)20/h2-7,17H,1H3,(H,16,18)(H,19,20). The van der Waals surface area contributed by atoms with E-state index in [9.17, 15) is 14.7 Å². The first-order valence-electron chi connectivity index (χ1n) is 5.76. The van der Waals surface area contributed by atoms with Crippen LogP contribution < -0.4 is 5.32 Å². The number of aromatic carboxylic acids is 1. The molecule has 6 heteroatoms.